The van der Waals surface area contributed by atoms with Crippen LogP contribution >= 0.6 is 11.6 Å². The maximum atomic E-state index is 12.6. The van der Waals surface area contributed by atoms with Gasteiger partial charge in [-0.2, -0.15) is 4.98 Å². The average molecular weight is 435 g/mol. The van der Waals surface area contributed by atoms with E-state index >= 15 is 0 Å². The van der Waals surface area contributed by atoms with Gasteiger partial charge in [-0.05, 0) is 32.1 Å². The monoisotopic (exact) mass is 434 g/mol. The SMILES string of the molecule is O=[S@@]1CN(C2(CO)CCC2)c2nc(N3CCC(c4ncc(Cl)cn4)CC3)ncc21. The Balaban J connectivity index is 1.34. The highest BCUT2D eigenvalue weighted by Crippen LogP contribution is 2.44. The van der Waals surface area contributed by atoms with Gasteiger partial charge >= 0.3 is 0 Å². The van der Waals surface area contributed by atoms with Crippen molar-refractivity contribution in [2.45, 2.75) is 48.5 Å². The summed E-state index contributed by atoms with van der Waals surface area (Å²) in [7, 11) is -1.15. The predicted molar refractivity (Wildman–Crippen MR) is 111 cm³/mol. The number of fused-ring (bicyclic) bond motifs is 1. The van der Waals surface area contributed by atoms with E-state index in [1.54, 1.807) is 18.6 Å². The predicted octanol–water partition coefficient (Wildman–Crippen LogP) is 2.10. The van der Waals surface area contributed by atoms with Crippen LogP contribution in [-0.2, 0) is 10.8 Å². The molecule has 2 aliphatic heterocycles. The van der Waals surface area contributed by atoms with E-state index in [0.717, 1.165) is 56.8 Å². The molecule has 2 aromatic rings. The highest BCUT2D eigenvalue weighted by Gasteiger charge is 2.47. The third kappa shape index (κ3) is 3.29. The Labute approximate surface area is 176 Å². The molecule has 2 fully saturated rings. The molecule has 1 aliphatic carbocycles. The van der Waals surface area contributed by atoms with Crippen molar-refractivity contribution in [3.63, 3.8) is 0 Å². The van der Waals surface area contributed by atoms with E-state index in [1.807, 2.05) is 0 Å². The van der Waals surface area contributed by atoms with Crippen molar-refractivity contribution in [1.29, 1.82) is 0 Å². The molecular formula is C19H23ClN6O2S. The van der Waals surface area contributed by atoms with Gasteiger partial charge in [0.1, 0.15) is 16.6 Å². The Morgan fingerprint density at radius 2 is 1.90 bits per heavy atom. The van der Waals surface area contributed by atoms with Crippen LogP contribution in [0.5, 0.6) is 0 Å². The van der Waals surface area contributed by atoms with Crippen LogP contribution in [0.4, 0.5) is 11.8 Å². The van der Waals surface area contributed by atoms with Gasteiger partial charge in [0.25, 0.3) is 0 Å². The summed E-state index contributed by atoms with van der Waals surface area (Å²) >= 11 is 5.89. The molecule has 4 heterocycles. The summed E-state index contributed by atoms with van der Waals surface area (Å²) in [6.45, 7) is 1.68. The first-order chi connectivity index (χ1) is 14.1. The third-order valence-corrected chi connectivity index (χ3v) is 7.87. The van der Waals surface area contributed by atoms with E-state index < -0.39 is 10.8 Å². The zero-order valence-electron chi connectivity index (χ0n) is 16.0. The second-order valence-corrected chi connectivity index (χ2v) is 9.84. The van der Waals surface area contributed by atoms with Crippen molar-refractivity contribution in [3.05, 3.63) is 29.4 Å². The summed E-state index contributed by atoms with van der Waals surface area (Å²) in [4.78, 5) is 22.9. The Bertz CT molecular complexity index is 925. The maximum absolute atomic E-state index is 12.6. The molecule has 154 valence electrons. The fourth-order valence-electron chi connectivity index (χ4n) is 4.44. The van der Waals surface area contributed by atoms with E-state index in [0.29, 0.717) is 27.7 Å². The van der Waals surface area contributed by atoms with Crippen LogP contribution in [0.25, 0.3) is 0 Å². The standard InChI is InChI=1S/C19H23ClN6O2S/c20-14-8-21-16(22-9-14)13-2-6-25(7-3-13)18-23-10-15-17(24-18)26(12-29(15)28)19(11-27)4-1-5-19/h8-10,13,27H,1-7,11-12H2/t29-/m1/s1. The highest BCUT2D eigenvalue weighted by atomic mass is 35.5. The van der Waals surface area contributed by atoms with Crippen LogP contribution in [0.3, 0.4) is 0 Å². The minimum absolute atomic E-state index is 0.0649. The summed E-state index contributed by atoms with van der Waals surface area (Å²) in [5, 5.41) is 10.5. The summed E-state index contributed by atoms with van der Waals surface area (Å²) in [6.07, 6.45) is 9.72. The molecule has 1 saturated carbocycles. The Morgan fingerprint density at radius 1 is 1.17 bits per heavy atom. The summed E-state index contributed by atoms with van der Waals surface area (Å²) < 4.78 is 12.6. The molecule has 0 radical (unpaired) electrons. The number of aliphatic hydroxyl groups excluding tert-OH is 1. The molecule has 1 N–H and O–H groups in total. The van der Waals surface area contributed by atoms with E-state index in [1.165, 1.54) is 0 Å². The number of aromatic nitrogens is 4. The Morgan fingerprint density at radius 3 is 2.52 bits per heavy atom. The third-order valence-electron chi connectivity index (χ3n) is 6.41. The molecule has 8 nitrogen and oxygen atoms in total. The number of anilines is 2. The van der Waals surface area contributed by atoms with Gasteiger partial charge < -0.3 is 14.9 Å². The van der Waals surface area contributed by atoms with Gasteiger partial charge in [0.05, 0.1) is 34.2 Å². The van der Waals surface area contributed by atoms with Crippen molar-refractivity contribution in [1.82, 2.24) is 19.9 Å². The van der Waals surface area contributed by atoms with Gasteiger partial charge in [0.2, 0.25) is 5.95 Å². The largest absolute Gasteiger partial charge is 0.394 e. The van der Waals surface area contributed by atoms with Crippen molar-refractivity contribution in [3.8, 4) is 0 Å². The Hall–Kier alpha value is -1.84. The van der Waals surface area contributed by atoms with Crippen molar-refractivity contribution >= 4 is 34.2 Å². The lowest BCUT2D eigenvalue weighted by Gasteiger charge is -2.47. The minimum atomic E-state index is -1.15. The molecule has 5 rings (SSSR count). The van der Waals surface area contributed by atoms with E-state index in [2.05, 4.69) is 24.8 Å². The van der Waals surface area contributed by atoms with Crippen LogP contribution in [-0.4, -0.2) is 60.4 Å². The van der Waals surface area contributed by atoms with Gasteiger partial charge in [-0.1, -0.05) is 11.6 Å². The van der Waals surface area contributed by atoms with Crippen molar-refractivity contribution in [2.24, 2.45) is 0 Å². The summed E-state index contributed by atoms with van der Waals surface area (Å²) in [6, 6.07) is 0. The van der Waals surface area contributed by atoms with Gasteiger partial charge in [-0.3, -0.25) is 4.21 Å². The Kier molecular flexibility index (Phi) is 4.92. The van der Waals surface area contributed by atoms with E-state index in [-0.39, 0.29) is 12.1 Å². The summed E-state index contributed by atoms with van der Waals surface area (Å²) in [5.41, 5.74) is -0.314. The second-order valence-electron chi connectivity index (χ2n) is 8.02. The zero-order valence-corrected chi connectivity index (χ0v) is 17.6. The number of piperidine rings is 1. The first-order valence-corrected chi connectivity index (χ1v) is 11.7. The number of rotatable bonds is 4. The first kappa shape index (κ1) is 19.1. The molecule has 0 amide bonds. The quantitative estimate of drug-likeness (QED) is 0.781. The molecular weight excluding hydrogens is 412 g/mol. The van der Waals surface area contributed by atoms with Crippen LogP contribution < -0.4 is 9.80 Å². The fourth-order valence-corrected chi connectivity index (χ4v) is 5.83. The fraction of sp³-hybridized carbons (Fsp3) is 0.579. The van der Waals surface area contributed by atoms with Crippen LogP contribution in [0.1, 0.15) is 43.8 Å². The molecule has 0 bridgehead atoms. The lowest BCUT2D eigenvalue weighted by atomic mass is 9.76. The normalized spacial score (nSPS) is 23.7. The van der Waals surface area contributed by atoms with Gasteiger partial charge in [0, 0.05) is 31.4 Å². The van der Waals surface area contributed by atoms with Crippen LogP contribution in [0, 0.1) is 0 Å². The van der Waals surface area contributed by atoms with E-state index in [9.17, 15) is 9.32 Å². The van der Waals surface area contributed by atoms with Crippen LogP contribution in [0.2, 0.25) is 5.02 Å². The summed E-state index contributed by atoms with van der Waals surface area (Å²) in [5.74, 6) is 2.92. The molecule has 29 heavy (non-hydrogen) atoms. The average Bonchev–Trinajstić information content (AvgIpc) is 3.05. The smallest absolute Gasteiger partial charge is 0.227 e. The number of halogens is 1. The minimum Gasteiger partial charge on any atom is -0.394 e. The number of nitrogens with zero attached hydrogens (tertiary/aromatic N) is 6. The maximum Gasteiger partial charge on any atom is 0.227 e. The zero-order chi connectivity index (χ0) is 20.0. The van der Waals surface area contributed by atoms with Crippen molar-refractivity contribution in [2.75, 3.05) is 35.4 Å². The molecule has 0 aromatic carbocycles. The van der Waals surface area contributed by atoms with E-state index in [4.69, 9.17) is 16.6 Å². The topological polar surface area (TPSA) is 95.3 Å². The molecule has 2 aromatic heterocycles. The molecule has 0 unspecified atom stereocenters. The van der Waals surface area contributed by atoms with Crippen molar-refractivity contribution < 1.29 is 9.32 Å². The second kappa shape index (κ2) is 7.45. The van der Waals surface area contributed by atoms with Gasteiger partial charge in [-0.15, -0.1) is 0 Å². The van der Waals surface area contributed by atoms with Gasteiger partial charge in [0.15, 0.2) is 5.82 Å². The molecule has 0 spiro atoms. The number of hydrogen-bond acceptors (Lipinski definition) is 8. The number of aliphatic hydroxyl groups is 1. The highest BCUT2D eigenvalue weighted by molar-refractivity contribution is 7.85. The van der Waals surface area contributed by atoms with Crippen LogP contribution in [0.15, 0.2) is 23.5 Å². The molecule has 10 heteroatoms. The number of hydrogen-bond donors (Lipinski definition) is 1. The lowest BCUT2D eigenvalue weighted by molar-refractivity contribution is 0.119. The molecule has 3 aliphatic rings. The van der Waals surface area contributed by atoms with Gasteiger partial charge in [-0.25, -0.2) is 15.0 Å². The molecule has 1 saturated heterocycles. The lowest BCUT2D eigenvalue weighted by Crippen LogP contribution is -2.56. The first-order valence-electron chi connectivity index (χ1n) is 9.96. The molecule has 1 atom stereocenters.